The summed E-state index contributed by atoms with van der Waals surface area (Å²) in [6, 6.07) is 13.2. The van der Waals surface area contributed by atoms with Crippen LogP contribution in [0.4, 0.5) is 5.82 Å². The minimum Gasteiger partial charge on any atom is -0.351 e. The number of hydrogen-bond acceptors (Lipinski definition) is 6. The second-order valence-electron chi connectivity index (χ2n) is 7.72. The Morgan fingerprint density at radius 1 is 0.931 bits per heavy atom. The third-order valence-corrected chi connectivity index (χ3v) is 5.97. The Balaban J connectivity index is 1.54. The van der Waals surface area contributed by atoms with Crippen LogP contribution in [-0.4, -0.2) is 49.7 Å². The fraction of sp³-hybridized carbons (Fsp3) is 0.273. The summed E-state index contributed by atoms with van der Waals surface area (Å²) in [5.41, 5.74) is 3.70. The maximum absolute atomic E-state index is 5.10. The zero-order valence-corrected chi connectivity index (χ0v) is 15.9. The lowest BCUT2D eigenvalue weighted by atomic mass is 9.93. The number of rotatable bonds is 3. The van der Waals surface area contributed by atoms with E-state index in [-0.39, 0.29) is 0 Å². The maximum atomic E-state index is 5.10. The van der Waals surface area contributed by atoms with Gasteiger partial charge in [-0.05, 0) is 49.2 Å². The van der Waals surface area contributed by atoms with E-state index in [0.717, 1.165) is 47.1 Å². The van der Waals surface area contributed by atoms with Crippen molar-refractivity contribution in [3.05, 3.63) is 61.2 Å². The first-order chi connectivity index (χ1) is 14.4. The van der Waals surface area contributed by atoms with Crippen LogP contribution in [0, 0.1) is 0 Å². The molecule has 3 aliphatic rings. The maximum Gasteiger partial charge on any atom is 0.167 e. The van der Waals surface area contributed by atoms with Crippen molar-refractivity contribution in [2.75, 3.05) is 18.0 Å². The van der Waals surface area contributed by atoms with Crippen LogP contribution in [0.1, 0.15) is 12.8 Å². The van der Waals surface area contributed by atoms with Gasteiger partial charge in [0.15, 0.2) is 5.65 Å². The van der Waals surface area contributed by atoms with Gasteiger partial charge in [0.1, 0.15) is 17.2 Å². The standard InChI is InChI=1S/C22H21N7/c1-2-15(12-24-9-1)21-26-19-5-6-20(28-14-16-3-4-18(28)13-25-16)27-22(19)29(21)17-7-10-23-11-8-17/h1-2,5-12,16,18,25H,3-4,13-14H2/t16-,18-/m1/s1. The van der Waals surface area contributed by atoms with Gasteiger partial charge in [-0.3, -0.25) is 14.5 Å². The van der Waals surface area contributed by atoms with Gasteiger partial charge in [0.05, 0.1) is 5.69 Å². The van der Waals surface area contributed by atoms with Gasteiger partial charge in [0.25, 0.3) is 0 Å². The van der Waals surface area contributed by atoms with E-state index in [1.165, 1.54) is 12.8 Å². The van der Waals surface area contributed by atoms with E-state index in [1.807, 2.05) is 30.5 Å². The van der Waals surface area contributed by atoms with Crippen LogP contribution in [0.25, 0.3) is 28.2 Å². The van der Waals surface area contributed by atoms with E-state index in [1.54, 1.807) is 18.6 Å². The van der Waals surface area contributed by atoms with Crippen LogP contribution >= 0.6 is 0 Å². The third-order valence-electron chi connectivity index (χ3n) is 5.97. The van der Waals surface area contributed by atoms with Gasteiger partial charge in [0.2, 0.25) is 0 Å². The second kappa shape index (κ2) is 6.63. The van der Waals surface area contributed by atoms with E-state index in [0.29, 0.717) is 12.1 Å². The van der Waals surface area contributed by atoms with Gasteiger partial charge in [0, 0.05) is 55.5 Å². The summed E-state index contributed by atoms with van der Waals surface area (Å²) in [7, 11) is 0. The van der Waals surface area contributed by atoms with Crippen molar-refractivity contribution in [1.82, 2.24) is 29.8 Å². The van der Waals surface area contributed by atoms with E-state index < -0.39 is 0 Å². The molecule has 4 aromatic rings. The molecule has 4 aromatic heterocycles. The van der Waals surface area contributed by atoms with E-state index in [4.69, 9.17) is 9.97 Å². The number of pyridine rings is 3. The summed E-state index contributed by atoms with van der Waals surface area (Å²) in [5, 5.41) is 3.62. The zero-order valence-electron chi connectivity index (χ0n) is 15.9. The van der Waals surface area contributed by atoms with Crippen LogP contribution in [-0.2, 0) is 0 Å². The normalized spacial score (nSPS) is 21.0. The number of aromatic nitrogens is 5. The average Bonchev–Trinajstić information content (AvgIpc) is 3.20. The van der Waals surface area contributed by atoms with E-state index in [9.17, 15) is 0 Å². The Bertz CT molecular complexity index is 1150. The molecule has 0 radical (unpaired) electrons. The largest absolute Gasteiger partial charge is 0.351 e. The predicted molar refractivity (Wildman–Crippen MR) is 112 cm³/mol. The number of nitrogens with zero attached hydrogens (tertiary/aromatic N) is 6. The molecular weight excluding hydrogens is 362 g/mol. The number of piperidine rings is 2. The molecule has 3 fully saturated rings. The molecule has 0 aromatic carbocycles. The molecule has 2 bridgehead atoms. The van der Waals surface area contributed by atoms with Crippen LogP contribution in [0.3, 0.4) is 0 Å². The van der Waals surface area contributed by atoms with Gasteiger partial charge < -0.3 is 10.2 Å². The fourth-order valence-corrected chi connectivity index (χ4v) is 4.52. The highest BCUT2D eigenvalue weighted by molar-refractivity contribution is 5.81. The van der Waals surface area contributed by atoms with Gasteiger partial charge >= 0.3 is 0 Å². The van der Waals surface area contributed by atoms with Gasteiger partial charge in [-0.15, -0.1) is 0 Å². The Labute approximate surface area is 168 Å². The topological polar surface area (TPSA) is 71.8 Å². The van der Waals surface area contributed by atoms with Crippen molar-refractivity contribution >= 4 is 17.0 Å². The molecule has 29 heavy (non-hydrogen) atoms. The number of imidazole rings is 1. The third kappa shape index (κ3) is 2.77. The molecule has 2 atom stereocenters. The minimum absolute atomic E-state index is 0.514. The number of anilines is 1. The zero-order chi connectivity index (χ0) is 19.2. The molecule has 0 saturated carbocycles. The molecule has 0 aliphatic carbocycles. The van der Waals surface area contributed by atoms with Crippen LogP contribution in [0.2, 0.25) is 0 Å². The summed E-state index contributed by atoms with van der Waals surface area (Å²) in [4.78, 5) is 20.9. The Morgan fingerprint density at radius 2 is 1.86 bits per heavy atom. The summed E-state index contributed by atoms with van der Waals surface area (Å²) in [6.07, 6.45) is 9.69. The summed E-state index contributed by atoms with van der Waals surface area (Å²) in [5.74, 6) is 1.87. The molecular formula is C22H21N7. The summed E-state index contributed by atoms with van der Waals surface area (Å²) >= 11 is 0. The van der Waals surface area contributed by atoms with E-state index in [2.05, 4.69) is 36.9 Å². The minimum atomic E-state index is 0.514. The molecule has 7 heteroatoms. The molecule has 7 rings (SSSR count). The molecule has 144 valence electrons. The molecule has 0 amide bonds. The van der Waals surface area contributed by atoms with Gasteiger partial charge in [-0.2, -0.15) is 0 Å². The SMILES string of the molecule is c1cncc(-c2nc3ccc(N4C[C@H]5CC[C@@H]4CN5)nc3n2-c2ccncc2)c1. The second-order valence-corrected chi connectivity index (χ2v) is 7.72. The van der Waals surface area contributed by atoms with Crippen LogP contribution in [0.5, 0.6) is 0 Å². The predicted octanol–water partition coefficient (Wildman–Crippen LogP) is 2.82. The lowest BCUT2D eigenvalue weighted by Crippen LogP contribution is -2.61. The summed E-state index contributed by atoms with van der Waals surface area (Å²) < 4.78 is 2.11. The lowest BCUT2D eigenvalue weighted by Gasteiger charge is -2.46. The molecule has 7 heterocycles. The molecule has 0 spiro atoms. The number of piperazine rings is 1. The van der Waals surface area contributed by atoms with Crippen molar-refractivity contribution in [2.45, 2.75) is 24.9 Å². The highest BCUT2D eigenvalue weighted by Crippen LogP contribution is 2.31. The molecule has 0 unspecified atom stereocenters. The smallest absolute Gasteiger partial charge is 0.167 e. The molecule has 3 saturated heterocycles. The highest BCUT2D eigenvalue weighted by atomic mass is 15.3. The first kappa shape index (κ1) is 16.6. The van der Waals surface area contributed by atoms with Crippen molar-refractivity contribution < 1.29 is 0 Å². The van der Waals surface area contributed by atoms with Crippen molar-refractivity contribution in [1.29, 1.82) is 0 Å². The van der Waals surface area contributed by atoms with Crippen molar-refractivity contribution in [3.63, 3.8) is 0 Å². The first-order valence-corrected chi connectivity index (χ1v) is 10.1. The van der Waals surface area contributed by atoms with Crippen molar-refractivity contribution in [2.24, 2.45) is 0 Å². The van der Waals surface area contributed by atoms with Gasteiger partial charge in [-0.1, -0.05) is 0 Å². The Morgan fingerprint density at radius 3 is 2.59 bits per heavy atom. The monoisotopic (exact) mass is 383 g/mol. The quantitative estimate of drug-likeness (QED) is 0.587. The number of fused-ring (bicyclic) bond motifs is 4. The fourth-order valence-electron chi connectivity index (χ4n) is 4.52. The molecule has 1 N–H and O–H groups in total. The highest BCUT2D eigenvalue weighted by Gasteiger charge is 2.34. The van der Waals surface area contributed by atoms with E-state index >= 15 is 0 Å². The van der Waals surface area contributed by atoms with Gasteiger partial charge in [-0.25, -0.2) is 9.97 Å². The van der Waals surface area contributed by atoms with Crippen LogP contribution < -0.4 is 10.2 Å². The molecule has 3 aliphatic heterocycles. The molecule has 7 nitrogen and oxygen atoms in total. The number of nitrogens with one attached hydrogen (secondary N) is 1. The lowest BCUT2D eigenvalue weighted by molar-refractivity contribution is 0.289. The Hall–Kier alpha value is -3.32. The number of hydrogen-bond donors (Lipinski definition) is 1. The summed E-state index contributed by atoms with van der Waals surface area (Å²) in [6.45, 7) is 2.05. The Kier molecular flexibility index (Phi) is 3.80. The van der Waals surface area contributed by atoms with Crippen molar-refractivity contribution in [3.8, 4) is 17.1 Å². The average molecular weight is 383 g/mol. The van der Waals surface area contributed by atoms with Crippen LogP contribution in [0.15, 0.2) is 61.2 Å². The first-order valence-electron chi connectivity index (χ1n) is 10.1.